The lowest BCUT2D eigenvalue weighted by molar-refractivity contribution is -0.141. The molecular weight excluding hydrogens is 499 g/mol. The maximum atomic E-state index is 13.5. The summed E-state index contributed by atoms with van der Waals surface area (Å²) >= 11 is 2.16. The highest BCUT2D eigenvalue weighted by molar-refractivity contribution is 8.00. The van der Waals surface area contributed by atoms with E-state index in [4.69, 9.17) is 4.74 Å². The smallest absolute Gasteiger partial charge is 0.433 e. The Balaban J connectivity index is 1.57. The number of carbonyl (C=O) groups is 2. The minimum absolute atomic E-state index is 0.113. The maximum Gasteiger partial charge on any atom is 0.433 e. The molecule has 0 fully saturated rings. The lowest BCUT2D eigenvalue weighted by Gasteiger charge is -2.14. The molecule has 1 amide bonds. The number of hydrogen-bond acceptors (Lipinski definition) is 7. The van der Waals surface area contributed by atoms with Gasteiger partial charge < -0.3 is 10.1 Å². The third-order valence-corrected chi connectivity index (χ3v) is 7.52. The fourth-order valence-corrected chi connectivity index (χ4v) is 5.78. The van der Waals surface area contributed by atoms with Crippen LogP contribution in [0.2, 0.25) is 0 Å². The number of fused-ring (bicyclic) bond motifs is 1. The molecule has 6 nitrogen and oxygen atoms in total. The predicted octanol–water partition coefficient (Wildman–Crippen LogP) is 6.01. The Kier molecular flexibility index (Phi) is 7.46. The van der Waals surface area contributed by atoms with Gasteiger partial charge in [0, 0.05) is 10.4 Å². The lowest BCUT2D eigenvalue weighted by Crippen LogP contribution is -2.24. The second kappa shape index (κ2) is 10.4. The topological polar surface area (TPSA) is 81.2 Å². The van der Waals surface area contributed by atoms with Crippen molar-refractivity contribution in [3.8, 4) is 11.3 Å². The number of hydrogen-bond donors (Lipinski definition) is 1. The third-order valence-electron chi connectivity index (χ3n) is 5.35. The molecule has 4 rings (SSSR count). The summed E-state index contributed by atoms with van der Waals surface area (Å²) < 4.78 is 45.6. The highest BCUT2D eigenvalue weighted by Gasteiger charge is 2.34. The van der Waals surface area contributed by atoms with Gasteiger partial charge in [0.25, 0.3) is 0 Å². The lowest BCUT2D eigenvalue weighted by atomic mass is 10.1. The summed E-state index contributed by atoms with van der Waals surface area (Å²) in [5.41, 5.74) is 0.809. The Morgan fingerprint density at radius 1 is 1.20 bits per heavy atom. The first kappa shape index (κ1) is 25.2. The Hall–Kier alpha value is -2.92. The van der Waals surface area contributed by atoms with Crippen LogP contribution in [0.1, 0.15) is 46.8 Å². The van der Waals surface area contributed by atoms with Crippen LogP contribution in [-0.4, -0.2) is 33.7 Å². The molecule has 1 atom stereocenters. The molecule has 35 heavy (non-hydrogen) atoms. The van der Waals surface area contributed by atoms with Gasteiger partial charge in [-0.15, -0.1) is 11.3 Å². The molecule has 1 unspecified atom stereocenters. The third kappa shape index (κ3) is 5.67. The van der Waals surface area contributed by atoms with Crippen LogP contribution in [-0.2, 0) is 28.5 Å². The minimum atomic E-state index is -4.67. The summed E-state index contributed by atoms with van der Waals surface area (Å²) in [5.74, 6) is -0.959. The normalized spacial score (nSPS) is 13.9. The van der Waals surface area contributed by atoms with E-state index in [1.165, 1.54) is 11.3 Å². The predicted molar refractivity (Wildman–Crippen MR) is 129 cm³/mol. The van der Waals surface area contributed by atoms with Crippen LogP contribution in [0.3, 0.4) is 0 Å². The van der Waals surface area contributed by atoms with Crippen LogP contribution in [0, 0.1) is 0 Å². The Morgan fingerprint density at radius 3 is 2.63 bits per heavy atom. The zero-order valence-corrected chi connectivity index (χ0v) is 20.6. The number of anilines is 1. The number of amides is 1. The highest BCUT2D eigenvalue weighted by atomic mass is 32.2. The van der Waals surface area contributed by atoms with Crippen molar-refractivity contribution < 1.29 is 27.5 Å². The van der Waals surface area contributed by atoms with E-state index in [9.17, 15) is 22.8 Å². The molecule has 1 aromatic carbocycles. The van der Waals surface area contributed by atoms with Crippen molar-refractivity contribution >= 4 is 40.0 Å². The zero-order valence-electron chi connectivity index (χ0n) is 18.9. The van der Waals surface area contributed by atoms with Crippen molar-refractivity contribution in [2.45, 2.75) is 49.7 Å². The number of thioether (sulfide) groups is 1. The number of aromatic nitrogens is 2. The van der Waals surface area contributed by atoms with E-state index in [1.54, 1.807) is 44.2 Å². The van der Waals surface area contributed by atoms with E-state index < -0.39 is 29.0 Å². The number of rotatable bonds is 7. The minimum Gasteiger partial charge on any atom is -0.462 e. The number of nitrogens with zero attached hydrogens (tertiary/aromatic N) is 2. The molecule has 1 N–H and O–H groups in total. The van der Waals surface area contributed by atoms with Crippen LogP contribution in [0.25, 0.3) is 11.3 Å². The molecule has 2 heterocycles. The molecule has 1 aliphatic rings. The molecule has 0 saturated heterocycles. The van der Waals surface area contributed by atoms with Gasteiger partial charge in [-0.05, 0) is 44.7 Å². The number of esters is 1. The van der Waals surface area contributed by atoms with Crippen LogP contribution in [0.5, 0.6) is 0 Å². The summed E-state index contributed by atoms with van der Waals surface area (Å²) in [6.07, 6.45) is -2.17. The second-order valence-electron chi connectivity index (χ2n) is 7.82. The summed E-state index contributed by atoms with van der Waals surface area (Å²) in [4.78, 5) is 34.4. The number of benzene rings is 1. The summed E-state index contributed by atoms with van der Waals surface area (Å²) in [6, 6.07) is 9.35. The van der Waals surface area contributed by atoms with Crippen molar-refractivity contribution in [2.24, 2.45) is 0 Å². The number of carbonyl (C=O) groups excluding carboxylic acids is 2. The van der Waals surface area contributed by atoms with Crippen LogP contribution in [0.4, 0.5) is 18.2 Å². The molecule has 2 aromatic heterocycles. The first-order chi connectivity index (χ1) is 16.7. The average Bonchev–Trinajstić information content (AvgIpc) is 3.39. The summed E-state index contributed by atoms with van der Waals surface area (Å²) in [6.45, 7) is 3.47. The van der Waals surface area contributed by atoms with Crippen molar-refractivity contribution in [3.63, 3.8) is 0 Å². The Bertz CT molecular complexity index is 1250. The van der Waals surface area contributed by atoms with Gasteiger partial charge in [0.2, 0.25) is 5.91 Å². The van der Waals surface area contributed by atoms with E-state index >= 15 is 0 Å². The number of thiophene rings is 1. The van der Waals surface area contributed by atoms with Gasteiger partial charge in [0.15, 0.2) is 5.16 Å². The maximum absolute atomic E-state index is 13.5. The molecule has 0 bridgehead atoms. The van der Waals surface area contributed by atoms with Crippen LogP contribution in [0.15, 0.2) is 41.6 Å². The first-order valence-corrected chi connectivity index (χ1v) is 12.7. The monoisotopic (exact) mass is 521 g/mol. The van der Waals surface area contributed by atoms with Crippen molar-refractivity contribution in [3.05, 3.63) is 58.1 Å². The van der Waals surface area contributed by atoms with Crippen molar-refractivity contribution in [1.82, 2.24) is 9.97 Å². The summed E-state index contributed by atoms with van der Waals surface area (Å²) in [5, 5.41) is 2.18. The highest BCUT2D eigenvalue weighted by Crippen LogP contribution is 2.40. The van der Waals surface area contributed by atoms with Gasteiger partial charge in [-0.25, -0.2) is 14.8 Å². The molecule has 0 aliphatic heterocycles. The molecule has 0 radical (unpaired) electrons. The zero-order chi connectivity index (χ0) is 25.2. The van der Waals surface area contributed by atoms with Gasteiger partial charge in [0.05, 0.1) is 23.1 Å². The quantitative estimate of drug-likeness (QED) is 0.233. The number of halogens is 3. The molecular formula is C24H22F3N3O3S2. The molecule has 0 saturated carbocycles. The molecule has 184 valence electrons. The molecule has 11 heteroatoms. The van der Waals surface area contributed by atoms with E-state index in [0.29, 0.717) is 16.1 Å². The van der Waals surface area contributed by atoms with Crippen molar-refractivity contribution in [1.29, 1.82) is 0 Å². The van der Waals surface area contributed by atoms with Crippen molar-refractivity contribution in [2.75, 3.05) is 11.9 Å². The van der Waals surface area contributed by atoms with Gasteiger partial charge in [0.1, 0.15) is 10.7 Å². The van der Waals surface area contributed by atoms with Crippen LogP contribution >= 0.6 is 23.1 Å². The number of nitrogens with one attached hydrogen (secondary N) is 1. The first-order valence-electron chi connectivity index (χ1n) is 11.0. The second-order valence-corrected chi connectivity index (χ2v) is 10.2. The SMILES string of the molecule is CCOC(=O)c1c(NC(=O)C(C)Sc2nc(-c3ccccc3)cc(C(F)(F)F)n2)sc2c1CCC2. The van der Waals surface area contributed by atoms with Gasteiger partial charge in [-0.1, -0.05) is 42.1 Å². The molecule has 3 aromatic rings. The van der Waals surface area contributed by atoms with E-state index in [-0.39, 0.29) is 17.5 Å². The van der Waals surface area contributed by atoms with Gasteiger partial charge in [-0.3, -0.25) is 4.79 Å². The Morgan fingerprint density at radius 2 is 1.94 bits per heavy atom. The summed E-state index contributed by atoms with van der Waals surface area (Å²) in [7, 11) is 0. The molecule has 1 aliphatic carbocycles. The number of ether oxygens (including phenoxy) is 1. The number of aryl methyl sites for hydroxylation is 1. The Labute approximate surface area is 208 Å². The molecule has 0 spiro atoms. The van der Waals surface area contributed by atoms with E-state index in [1.807, 2.05) is 0 Å². The average molecular weight is 522 g/mol. The fraction of sp³-hybridized carbons (Fsp3) is 0.333. The standard InChI is InChI=1S/C24H22F3N3O3S2/c1-3-33-22(32)19-15-10-7-11-17(15)35-21(19)30-20(31)13(2)34-23-28-16(14-8-5-4-6-9-14)12-18(29-23)24(25,26)27/h4-6,8-9,12-13H,3,7,10-11H2,1-2H3,(H,30,31). The van der Waals surface area contributed by atoms with E-state index in [0.717, 1.165) is 47.5 Å². The van der Waals surface area contributed by atoms with Crippen LogP contribution < -0.4 is 5.32 Å². The van der Waals surface area contributed by atoms with Gasteiger partial charge in [-0.2, -0.15) is 13.2 Å². The fourth-order valence-electron chi connectivity index (χ4n) is 3.72. The largest absolute Gasteiger partial charge is 0.462 e. The van der Waals surface area contributed by atoms with E-state index in [2.05, 4.69) is 15.3 Å². The number of alkyl halides is 3. The van der Waals surface area contributed by atoms with Gasteiger partial charge >= 0.3 is 12.1 Å².